The second kappa shape index (κ2) is 16.3. The largest absolute Gasteiger partial charge is 0.321 e. The number of nitrogens with zero attached hydrogens (tertiary/aromatic N) is 2. The fourth-order valence-electron chi connectivity index (χ4n) is 5.44. The molecular formula is C41H34ClN5O4S. The smallest absolute Gasteiger partial charge is 0.295 e. The summed E-state index contributed by atoms with van der Waals surface area (Å²) in [6, 6.07) is 41.1. The molecule has 5 aromatic carbocycles. The number of thioether (sulfide) groups is 1. The number of carbonyl (C=O) groups is 3. The Hall–Kier alpha value is -6.10. The van der Waals surface area contributed by atoms with E-state index in [-0.39, 0.29) is 22.9 Å². The maximum atomic E-state index is 13.9. The number of rotatable bonds is 11. The molecule has 3 N–H and O–H groups in total. The highest BCUT2D eigenvalue weighted by Gasteiger charge is 2.26. The molecule has 0 saturated heterocycles. The van der Waals surface area contributed by atoms with Crippen molar-refractivity contribution in [2.24, 2.45) is 7.05 Å². The summed E-state index contributed by atoms with van der Waals surface area (Å²) in [5, 5.41) is 8.19. The summed E-state index contributed by atoms with van der Waals surface area (Å²) in [6.07, 6.45) is 1.52. The third-order valence-electron chi connectivity index (χ3n) is 8.24. The van der Waals surface area contributed by atoms with Crippen LogP contribution in [0.3, 0.4) is 0 Å². The van der Waals surface area contributed by atoms with Crippen molar-refractivity contribution in [2.75, 3.05) is 10.6 Å². The molecule has 0 fully saturated rings. The highest BCUT2D eigenvalue weighted by molar-refractivity contribution is 8.00. The molecule has 0 radical (unpaired) electrons. The van der Waals surface area contributed by atoms with Gasteiger partial charge in [-0.2, -0.15) is 0 Å². The quantitative estimate of drug-likeness (QED) is 0.0924. The number of aromatic nitrogens is 2. The molecule has 11 heteroatoms. The van der Waals surface area contributed by atoms with Crippen LogP contribution in [-0.4, -0.2) is 27.1 Å². The van der Waals surface area contributed by atoms with Gasteiger partial charge in [0, 0.05) is 28.2 Å². The Morgan fingerprint density at radius 3 is 2.00 bits per heavy atom. The Kier molecular flexibility index (Phi) is 11.2. The van der Waals surface area contributed by atoms with Gasteiger partial charge in [-0.05, 0) is 78.7 Å². The molecular weight excluding hydrogens is 694 g/mol. The Morgan fingerprint density at radius 2 is 1.35 bits per heavy atom. The first-order chi connectivity index (χ1) is 25.2. The van der Waals surface area contributed by atoms with Crippen LogP contribution in [0.15, 0.2) is 155 Å². The van der Waals surface area contributed by atoms with Crippen LogP contribution in [0.4, 0.5) is 11.4 Å². The summed E-state index contributed by atoms with van der Waals surface area (Å²) in [4.78, 5) is 54.8. The molecule has 0 bridgehead atoms. The van der Waals surface area contributed by atoms with E-state index >= 15 is 0 Å². The molecule has 3 amide bonds. The van der Waals surface area contributed by atoms with Crippen molar-refractivity contribution in [3.05, 3.63) is 183 Å². The normalized spacial score (nSPS) is 11.8. The van der Waals surface area contributed by atoms with E-state index < -0.39 is 17.1 Å². The molecule has 0 saturated carbocycles. The Morgan fingerprint density at radius 1 is 0.750 bits per heavy atom. The molecule has 1 unspecified atom stereocenters. The van der Waals surface area contributed by atoms with Gasteiger partial charge in [0.05, 0.1) is 11.4 Å². The van der Waals surface area contributed by atoms with Crippen molar-refractivity contribution in [1.82, 2.24) is 14.7 Å². The van der Waals surface area contributed by atoms with Crippen LogP contribution in [0.2, 0.25) is 5.02 Å². The van der Waals surface area contributed by atoms with E-state index in [4.69, 9.17) is 11.6 Å². The summed E-state index contributed by atoms with van der Waals surface area (Å²) in [5.41, 5.74) is 3.34. The SMILES string of the molecule is Cc1c(NC(=O)C(Sc2ccc(NC(=O)/C(=C/c3ccccc3Cl)NC(=O)c3ccccc3)cc2)c2ccccc2)c(=O)n(-c2ccccc2)n1C. The van der Waals surface area contributed by atoms with Crippen molar-refractivity contribution in [2.45, 2.75) is 17.1 Å². The van der Waals surface area contributed by atoms with E-state index in [0.29, 0.717) is 33.2 Å². The minimum atomic E-state index is -0.704. The van der Waals surface area contributed by atoms with Gasteiger partial charge in [0.2, 0.25) is 5.91 Å². The van der Waals surface area contributed by atoms with Crippen LogP contribution in [0, 0.1) is 6.92 Å². The number of amides is 3. The van der Waals surface area contributed by atoms with E-state index in [1.165, 1.54) is 22.5 Å². The number of hydrogen-bond acceptors (Lipinski definition) is 5. The van der Waals surface area contributed by atoms with Crippen LogP contribution in [0.25, 0.3) is 11.8 Å². The summed E-state index contributed by atoms with van der Waals surface area (Å²) in [5.74, 6) is -1.36. The molecule has 1 aromatic heterocycles. The fourth-order valence-corrected chi connectivity index (χ4v) is 6.66. The lowest BCUT2D eigenvalue weighted by molar-refractivity contribution is -0.116. The first kappa shape index (κ1) is 35.7. The third kappa shape index (κ3) is 8.26. The molecule has 0 aliphatic rings. The molecule has 0 aliphatic heterocycles. The van der Waals surface area contributed by atoms with Gasteiger partial charge in [-0.1, -0.05) is 96.5 Å². The second-order valence-electron chi connectivity index (χ2n) is 11.7. The van der Waals surface area contributed by atoms with Crippen LogP contribution in [0.1, 0.15) is 32.4 Å². The molecule has 9 nitrogen and oxygen atoms in total. The average Bonchev–Trinajstić information content (AvgIpc) is 3.38. The topological polar surface area (TPSA) is 114 Å². The standard InChI is InChI=1S/C41H34ClN5O4S/c1-27-36(41(51)47(46(27)2)32-19-10-5-11-20-32)45-40(50)37(28-14-6-3-7-15-28)52-33-24-22-31(23-25-33)43-39(49)35(26-30-18-12-13-21-34(30)42)44-38(48)29-16-8-4-9-17-29/h3-26,37H,1-2H3,(H,43,49)(H,44,48)(H,45,50)/b35-26-. The Balaban J connectivity index is 1.21. The zero-order chi connectivity index (χ0) is 36.6. The van der Waals surface area contributed by atoms with Gasteiger partial charge in [-0.25, -0.2) is 4.68 Å². The molecule has 6 rings (SSSR count). The van der Waals surface area contributed by atoms with Gasteiger partial charge in [0.15, 0.2) is 0 Å². The van der Waals surface area contributed by atoms with E-state index in [1.54, 1.807) is 97.5 Å². The van der Waals surface area contributed by atoms with Crippen molar-refractivity contribution >= 4 is 58.5 Å². The Labute approximate surface area is 309 Å². The summed E-state index contributed by atoms with van der Waals surface area (Å²) < 4.78 is 3.23. The van der Waals surface area contributed by atoms with Gasteiger partial charge >= 0.3 is 0 Å². The summed E-state index contributed by atoms with van der Waals surface area (Å²) in [7, 11) is 1.77. The predicted molar refractivity (Wildman–Crippen MR) is 208 cm³/mol. The van der Waals surface area contributed by atoms with E-state index in [9.17, 15) is 19.2 Å². The number of anilines is 2. The van der Waals surface area contributed by atoms with E-state index in [0.717, 1.165) is 10.5 Å². The van der Waals surface area contributed by atoms with Gasteiger partial charge in [-0.15, -0.1) is 11.8 Å². The lowest BCUT2D eigenvalue weighted by atomic mass is 10.1. The van der Waals surface area contributed by atoms with Gasteiger partial charge in [0.25, 0.3) is 17.4 Å². The molecule has 260 valence electrons. The molecule has 0 aliphatic carbocycles. The number of nitrogens with one attached hydrogen (secondary N) is 3. The summed E-state index contributed by atoms with van der Waals surface area (Å²) in [6.45, 7) is 1.79. The van der Waals surface area contributed by atoms with Crippen LogP contribution < -0.4 is 21.5 Å². The monoisotopic (exact) mass is 727 g/mol. The number of halogens is 1. The third-order valence-corrected chi connectivity index (χ3v) is 9.85. The Bertz CT molecular complexity index is 2310. The first-order valence-electron chi connectivity index (χ1n) is 16.3. The minimum Gasteiger partial charge on any atom is -0.321 e. The van der Waals surface area contributed by atoms with E-state index in [2.05, 4.69) is 16.0 Å². The predicted octanol–water partition coefficient (Wildman–Crippen LogP) is 8.02. The van der Waals surface area contributed by atoms with Crippen LogP contribution in [-0.2, 0) is 16.6 Å². The van der Waals surface area contributed by atoms with Crippen LogP contribution >= 0.6 is 23.4 Å². The summed E-state index contributed by atoms with van der Waals surface area (Å²) >= 11 is 7.68. The number of benzene rings is 5. The fraction of sp³-hybridized carbons (Fsp3) is 0.0732. The molecule has 0 spiro atoms. The number of carbonyl (C=O) groups excluding carboxylic acids is 3. The maximum absolute atomic E-state index is 13.9. The molecule has 6 aromatic rings. The maximum Gasteiger partial charge on any atom is 0.295 e. The number of hydrogen-bond donors (Lipinski definition) is 3. The lowest BCUT2D eigenvalue weighted by Crippen LogP contribution is -2.30. The molecule has 52 heavy (non-hydrogen) atoms. The minimum absolute atomic E-state index is 0.00347. The van der Waals surface area contributed by atoms with E-state index in [1.807, 2.05) is 60.7 Å². The van der Waals surface area contributed by atoms with Crippen molar-refractivity contribution in [1.29, 1.82) is 0 Å². The second-order valence-corrected chi connectivity index (χ2v) is 13.3. The number of para-hydroxylation sites is 1. The van der Waals surface area contributed by atoms with Gasteiger partial charge in [0.1, 0.15) is 16.6 Å². The van der Waals surface area contributed by atoms with Gasteiger partial charge in [-0.3, -0.25) is 23.9 Å². The van der Waals surface area contributed by atoms with Gasteiger partial charge < -0.3 is 16.0 Å². The van der Waals surface area contributed by atoms with Crippen LogP contribution in [0.5, 0.6) is 0 Å². The molecule has 1 heterocycles. The average molecular weight is 728 g/mol. The lowest BCUT2D eigenvalue weighted by Gasteiger charge is -2.17. The van der Waals surface area contributed by atoms with Crippen molar-refractivity contribution in [3.63, 3.8) is 0 Å². The highest BCUT2D eigenvalue weighted by atomic mass is 35.5. The highest BCUT2D eigenvalue weighted by Crippen LogP contribution is 2.37. The zero-order valence-electron chi connectivity index (χ0n) is 28.2. The molecule has 1 atom stereocenters. The van der Waals surface area contributed by atoms with Crippen molar-refractivity contribution in [3.8, 4) is 5.69 Å². The zero-order valence-corrected chi connectivity index (χ0v) is 29.8. The first-order valence-corrected chi connectivity index (χ1v) is 17.6. The van der Waals surface area contributed by atoms with Crippen molar-refractivity contribution < 1.29 is 14.4 Å².